The third-order valence-corrected chi connectivity index (χ3v) is 10.2. The number of aromatic amines is 1. The standard InChI is InChI=1S/C25H33N6O13PS/c1-12(2)40-25(36)39-11-46-45(37,43-19-15(9-32)41-22(20(19)38-3)30-7-5-16(34)29-24(30)35)44-23-14(33)8-17(42-23)31-10-28-18-13(26)4-6-27-21(18)31/h4-7,10,12,14-15,17,19-20,22-23,32-33H,8-9,11H2,1-3H3,(H2,26,27)(H,29,34,35)/t14?,15-,17-,19?,20+,22-,23-,45?/m1/s1. The number of fused-ring (bicyclic) bond motifs is 1. The average molecular weight is 689 g/mol. The van der Waals surface area contributed by atoms with Gasteiger partial charge in [0.1, 0.15) is 36.2 Å². The number of hydrogen-bond acceptors (Lipinski definition) is 17. The van der Waals surface area contributed by atoms with Gasteiger partial charge in [-0.1, -0.05) is 0 Å². The number of carbonyl (C=O) groups excluding carboxylic acids is 1. The van der Waals surface area contributed by atoms with Crippen LogP contribution in [0.1, 0.15) is 32.7 Å². The largest absolute Gasteiger partial charge is 0.509 e. The Labute approximate surface area is 264 Å². The Morgan fingerprint density at radius 3 is 2.70 bits per heavy atom. The number of aliphatic hydroxyl groups excluding tert-OH is 2. The van der Waals surface area contributed by atoms with Crippen molar-refractivity contribution in [1.82, 2.24) is 24.1 Å². The highest BCUT2D eigenvalue weighted by atomic mass is 32.7. The molecule has 3 aromatic rings. The van der Waals surface area contributed by atoms with Gasteiger partial charge >= 0.3 is 18.6 Å². The molecule has 0 amide bonds. The van der Waals surface area contributed by atoms with Gasteiger partial charge in [0.15, 0.2) is 24.1 Å². The van der Waals surface area contributed by atoms with Gasteiger partial charge in [-0.25, -0.2) is 24.1 Å². The molecule has 0 saturated carbocycles. The van der Waals surface area contributed by atoms with Crippen LogP contribution in [0.5, 0.6) is 0 Å². The topological polar surface area (TPSA) is 251 Å². The van der Waals surface area contributed by atoms with Crippen LogP contribution in [0.25, 0.3) is 11.2 Å². The fourth-order valence-corrected chi connectivity index (χ4v) is 7.78. The minimum Gasteiger partial charge on any atom is -0.432 e. The van der Waals surface area contributed by atoms with Crippen LogP contribution in [0.4, 0.5) is 10.5 Å². The summed E-state index contributed by atoms with van der Waals surface area (Å²) in [5, 5.41) is 21.0. The monoisotopic (exact) mass is 688 g/mol. The Morgan fingerprint density at radius 2 is 2.00 bits per heavy atom. The molecule has 0 spiro atoms. The van der Waals surface area contributed by atoms with E-state index in [-0.39, 0.29) is 6.42 Å². The Kier molecular flexibility index (Phi) is 10.5. The van der Waals surface area contributed by atoms with E-state index >= 15 is 0 Å². The number of carbonyl (C=O) groups is 1. The molecule has 0 aliphatic carbocycles. The first-order chi connectivity index (χ1) is 21.9. The number of anilines is 1. The van der Waals surface area contributed by atoms with Crippen molar-refractivity contribution in [2.45, 2.75) is 69.5 Å². The molecule has 5 rings (SSSR count). The van der Waals surface area contributed by atoms with Crippen molar-refractivity contribution in [2.75, 3.05) is 25.4 Å². The number of rotatable bonds is 12. The maximum atomic E-state index is 14.3. The number of imidazole rings is 1. The van der Waals surface area contributed by atoms with Crippen LogP contribution in [0.3, 0.4) is 0 Å². The summed E-state index contributed by atoms with van der Waals surface area (Å²) in [6, 6.07) is 2.66. The third-order valence-electron chi connectivity index (χ3n) is 6.92. The van der Waals surface area contributed by atoms with Crippen molar-refractivity contribution in [3.05, 3.63) is 51.7 Å². The Bertz CT molecular complexity index is 1700. The third kappa shape index (κ3) is 7.29. The summed E-state index contributed by atoms with van der Waals surface area (Å²) >= 11 is 0.426. The number of pyridine rings is 1. The first-order valence-electron chi connectivity index (χ1n) is 13.9. The number of H-pyrrole nitrogens is 1. The number of aromatic nitrogens is 5. The summed E-state index contributed by atoms with van der Waals surface area (Å²) in [7, 11) is 1.27. The van der Waals surface area contributed by atoms with Gasteiger partial charge < -0.3 is 39.6 Å². The highest BCUT2D eigenvalue weighted by Crippen LogP contribution is 2.64. The van der Waals surface area contributed by atoms with Gasteiger partial charge in [0, 0.05) is 43.4 Å². The van der Waals surface area contributed by atoms with E-state index < -0.39 is 86.0 Å². The Hall–Kier alpha value is -3.33. The van der Waals surface area contributed by atoms with Crippen LogP contribution in [-0.4, -0.2) is 96.9 Å². The fraction of sp³-hybridized carbons (Fsp3) is 0.560. The van der Waals surface area contributed by atoms with Gasteiger partial charge in [0.05, 0.1) is 24.7 Å². The van der Waals surface area contributed by atoms with Gasteiger partial charge in [-0.15, -0.1) is 0 Å². The van der Waals surface area contributed by atoms with E-state index in [1.165, 1.54) is 30.4 Å². The van der Waals surface area contributed by atoms with Crippen LogP contribution in [0, 0.1) is 0 Å². The van der Waals surface area contributed by atoms with Crippen LogP contribution in [0.2, 0.25) is 0 Å². The lowest BCUT2D eigenvalue weighted by Crippen LogP contribution is -2.40. The summed E-state index contributed by atoms with van der Waals surface area (Å²) in [5.74, 6) is -0.581. The zero-order valence-corrected chi connectivity index (χ0v) is 26.4. The van der Waals surface area contributed by atoms with E-state index in [0.29, 0.717) is 28.2 Å². The SMILES string of the molecule is CO[C@H]1C(OP(=O)(O[C@H]2O[C@@H](n3cnc4c(N)ccnc43)CC2O)SCOC(=O)OC(C)C)[C@@H](CO)O[C@H]1n1ccc(=O)[nH]c1=O. The molecule has 252 valence electrons. The number of aliphatic hydroxyl groups is 2. The molecule has 5 heterocycles. The quantitative estimate of drug-likeness (QED) is 0.117. The number of nitrogens with zero attached hydrogens (tertiary/aromatic N) is 4. The Morgan fingerprint density at radius 1 is 1.22 bits per heavy atom. The van der Waals surface area contributed by atoms with Crippen molar-refractivity contribution in [1.29, 1.82) is 0 Å². The molecule has 0 bridgehead atoms. The summed E-state index contributed by atoms with van der Waals surface area (Å²) in [6.45, 7) is -1.97. The van der Waals surface area contributed by atoms with Gasteiger partial charge in [0.2, 0.25) is 0 Å². The van der Waals surface area contributed by atoms with Crippen molar-refractivity contribution in [2.24, 2.45) is 0 Å². The molecule has 21 heteroatoms. The van der Waals surface area contributed by atoms with E-state index in [0.717, 1.165) is 10.6 Å². The molecule has 8 atom stereocenters. The van der Waals surface area contributed by atoms with E-state index in [4.69, 9.17) is 38.5 Å². The number of hydrogen-bond donors (Lipinski definition) is 4. The van der Waals surface area contributed by atoms with Crippen molar-refractivity contribution in [3.8, 4) is 0 Å². The van der Waals surface area contributed by atoms with Crippen molar-refractivity contribution < 1.29 is 52.3 Å². The minimum atomic E-state index is -4.52. The predicted molar refractivity (Wildman–Crippen MR) is 158 cm³/mol. The van der Waals surface area contributed by atoms with E-state index in [9.17, 15) is 29.2 Å². The Balaban J connectivity index is 1.39. The lowest BCUT2D eigenvalue weighted by atomic mass is 10.1. The second-order valence-electron chi connectivity index (χ2n) is 10.4. The van der Waals surface area contributed by atoms with Crippen LogP contribution in [-0.2, 0) is 37.3 Å². The van der Waals surface area contributed by atoms with E-state index in [2.05, 4.69) is 15.0 Å². The summed E-state index contributed by atoms with van der Waals surface area (Å²) in [6.07, 6.45) is -6.18. The number of nitrogens with one attached hydrogen (secondary N) is 1. The van der Waals surface area contributed by atoms with E-state index in [1.807, 2.05) is 0 Å². The molecule has 2 aliphatic heterocycles. The molecular formula is C25H33N6O13PS. The lowest BCUT2D eigenvalue weighted by molar-refractivity contribution is -0.131. The molecule has 3 aromatic heterocycles. The molecule has 46 heavy (non-hydrogen) atoms. The maximum absolute atomic E-state index is 14.3. The van der Waals surface area contributed by atoms with Crippen molar-refractivity contribution in [3.63, 3.8) is 0 Å². The normalized spacial score (nSPS) is 27.7. The number of nitrogens with two attached hydrogens (primary N) is 1. The highest BCUT2D eigenvalue weighted by molar-refractivity contribution is 8.55. The molecular weight excluding hydrogens is 655 g/mol. The van der Waals surface area contributed by atoms with Gasteiger partial charge in [-0.2, -0.15) is 0 Å². The molecule has 2 aliphatic rings. The molecule has 3 unspecified atom stereocenters. The molecule has 19 nitrogen and oxygen atoms in total. The zero-order chi connectivity index (χ0) is 33.2. The molecule has 2 saturated heterocycles. The van der Waals surface area contributed by atoms with Crippen molar-refractivity contribution >= 4 is 41.2 Å². The first kappa shape index (κ1) is 34.0. The van der Waals surface area contributed by atoms with Gasteiger partial charge in [0.25, 0.3) is 5.56 Å². The van der Waals surface area contributed by atoms with Crippen LogP contribution in [0.15, 0.2) is 40.4 Å². The first-order valence-corrected chi connectivity index (χ1v) is 17.0. The summed E-state index contributed by atoms with van der Waals surface area (Å²) < 4.78 is 55.8. The molecule has 2 fully saturated rings. The lowest BCUT2D eigenvalue weighted by Gasteiger charge is -2.28. The number of ether oxygens (including phenoxy) is 5. The molecule has 5 N–H and O–H groups in total. The van der Waals surface area contributed by atoms with Crippen LogP contribution < -0.4 is 17.0 Å². The van der Waals surface area contributed by atoms with Crippen LogP contribution >= 0.6 is 18.2 Å². The zero-order valence-electron chi connectivity index (χ0n) is 24.7. The number of methoxy groups -OCH3 is 1. The highest BCUT2D eigenvalue weighted by Gasteiger charge is 2.52. The van der Waals surface area contributed by atoms with Gasteiger partial charge in [-0.3, -0.25) is 28.0 Å². The maximum Gasteiger partial charge on any atom is 0.509 e. The fourth-order valence-electron chi connectivity index (χ4n) is 4.87. The average Bonchev–Trinajstić information content (AvgIpc) is 3.68. The predicted octanol–water partition coefficient (Wildman–Crippen LogP) is 0.837. The number of nitrogen functional groups attached to an aromatic ring is 1. The van der Waals surface area contributed by atoms with E-state index in [1.54, 1.807) is 19.9 Å². The summed E-state index contributed by atoms with van der Waals surface area (Å²) in [5.41, 5.74) is 5.67. The molecule has 0 aromatic carbocycles. The summed E-state index contributed by atoms with van der Waals surface area (Å²) in [4.78, 5) is 46.7. The second-order valence-corrected chi connectivity index (χ2v) is 14.3. The second kappa shape index (κ2) is 14.2. The smallest absolute Gasteiger partial charge is 0.432 e. The van der Waals surface area contributed by atoms with Gasteiger partial charge in [-0.05, 0) is 19.9 Å². The molecule has 0 radical (unpaired) electrons. The minimum absolute atomic E-state index is 0.0296.